The van der Waals surface area contributed by atoms with Gasteiger partial charge in [0.1, 0.15) is 11.4 Å². The van der Waals surface area contributed by atoms with E-state index in [2.05, 4.69) is 50.5 Å². The number of hydrogen-bond acceptors (Lipinski definition) is 7. The van der Waals surface area contributed by atoms with Gasteiger partial charge in [0.25, 0.3) is 11.8 Å². The van der Waals surface area contributed by atoms with Crippen LogP contribution >= 0.6 is 0 Å². The second-order valence-electron chi connectivity index (χ2n) is 10.4. The number of benzene rings is 2. The van der Waals surface area contributed by atoms with Crippen molar-refractivity contribution in [3.05, 3.63) is 77.6 Å². The first kappa shape index (κ1) is 27.9. The highest BCUT2D eigenvalue weighted by molar-refractivity contribution is 6.06. The van der Waals surface area contributed by atoms with Crippen LogP contribution in [0, 0.1) is 6.92 Å². The van der Waals surface area contributed by atoms with Crippen LogP contribution in [0.4, 0.5) is 17.1 Å². The number of aryl methyl sites for hydroxylation is 1. The number of piperazine rings is 1. The van der Waals surface area contributed by atoms with Crippen LogP contribution in [0.3, 0.4) is 0 Å². The van der Waals surface area contributed by atoms with Crippen molar-refractivity contribution in [2.24, 2.45) is 0 Å². The van der Waals surface area contributed by atoms with Crippen LogP contribution in [0.1, 0.15) is 45.7 Å². The summed E-state index contributed by atoms with van der Waals surface area (Å²) in [5.41, 5.74) is 4.39. The normalized spacial score (nSPS) is 15.2. The molecule has 10 heteroatoms. The fourth-order valence-electron chi connectivity index (χ4n) is 5.38. The van der Waals surface area contributed by atoms with E-state index in [0.29, 0.717) is 37.2 Å². The van der Waals surface area contributed by atoms with Crippen molar-refractivity contribution in [2.75, 3.05) is 60.9 Å². The van der Waals surface area contributed by atoms with Crippen LogP contribution in [-0.4, -0.2) is 78.5 Å². The number of aromatic nitrogens is 1. The molecule has 3 N–H and O–H groups in total. The number of pyridine rings is 1. The Bertz CT molecular complexity index is 1400. The Morgan fingerprint density at radius 3 is 2.37 bits per heavy atom. The van der Waals surface area contributed by atoms with Gasteiger partial charge in [0.15, 0.2) is 0 Å². The number of anilines is 3. The van der Waals surface area contributed by atoms with Crippen LogP contribution in [0.15, 0.2) is 60.8 Å². The van der Waals surface area contributed by atoms with Gasteiger partial charge in [-0.05, 0) is 61.7 Å². The molecule has 214 valence electrons. The maximum Gasteiger partial charge on any atom is 0.274 e. The Balaban J connectivity index is 1.29. The predicted octanol–water partition coefficient (Wildman–Crippen LogP) is 3.42. The average molecular weight is 557 g/mol. The van der Waals surface area contributed by atoms with E-state index < -0.39 is 5.91 Å². The van der Waals surface area contributed by atoms with Gasteiger partial charge in [0.2, 0.25) is 5.91 Å². The standard InChI is InChI=1S/C31H36N6O4/c1-22-6-2-3-7-27(22)35-16-18-36(19-17-35)28-12-9-23(30(40)32-13-5-15-37-14-4-8-29(37)39)20-26(28)34-31(41)25-11-10-24(38)21-33-25/h2-3,6-7,9-12,20-21,38H,4-5,8,13-19H2,1H3,(H,32,40)(H,34,41). The molecule has 0 bridgehead atoms. The minimum Gasteiger partial charge on any atom is -0.506 e. The number of hydrogen-bond donors (Lipinski definition) is 3. The van der Waals surface area contributed by atoms with Gasteiger partial charge in [-0.1, -0.05) is 18.2 Å². The minimum absolute atomic E-state index is 0.0264. The number of amides is 3. The van der Waals surface area contributed by atoms with Crippen molar-refractivity contribution in [2.45, 2.75) is 26.2 Å². The number of carbonyl (C=O) groups is 3. The van der Waals surface area contributed by atoms with Crippen molar-refractivity contribution < 1.29 is 19.5 Å². The molecule has 2 aromatic carbocycles. The Kier molecular flexibility index (Phi) is 8.67. The van der Waals surface area contributed by atoms with Crippen LogP contribution in [0.25, 0.3) is 0 Å². The largest absolute Gasteiger partial charge is 0.506 e. The number of para-hydroxylation sites is 1. The Hall–Kier alpha value is -4.60. The summed E-state index contributed by atoms with van der Waals surface area (Å²) < 4.78 is 0. The second-order valence-corrected chi connectivity index (χ2v) is 10.4. The van der Waals surface area contributed by atoms with E-state index in [4.69, 9.17) is 0 Å². The molecule has 41 heavy (non-hydrogen) atoms. The van der Waals surface area contributed by atoms with Crippen LogP contribution in [0.5, 0.6) is 5.75 Å². The summed E-state index contributed by atoms with van der Waals surface area (Å²) in [5.74, 6) is -0.527. The van der Waals surface area contributed by atoms with E-state index in [1.807, 2.05) is 17.0 Å². The fraction of sp³-hybridized carbons (Fsp3) is 0.355. The molecule has 3 amide bonds. The van der Waals surface area contributed by atoms with Gasteiger partial charge in [-0.15, -0.1) is 0 Å². The molecule has 0 unspecified atom stereocenters. The molecule has 0 radical (unpaired) electrons. The number of aromatic hydroxyl groups is 1. The maximum atomic E-state index is 13.1. The quantitative estimate of drug-likeness (QED) is 0.346. The zero-order valence-corrected chi connectivity index (χ0v) is 23.3. The third-order valence-electron chi connectivity index (χ3n) is 7.63. The molecule has 3 aromatic rings. The SMILES string of the molecule is Cc1ccccc1N1CCN(c2ccc(C(=O)NCCCN3CCCC3=O)cc2NC(=O)c2ccc(O)cn2)CC1. The summed E-state index contributed by atoms with van der Waals surface area (Å²) in [6.07, 6.45) is 3.40. The minimum atomic E-state index is -0.433. The number of rotatable bonds is 9. The highest BCUT2D eigenvalue weighted by atomic mass is 16.3. The summed E-state index contributed by atoms with van der Waals surface area (Å²) in [7, 11) is 0. The Morgan fingerprint density at radius 1 is 0.927 bits per heavy atom. The summed E-state index contributed by atoms with van der Waals surface area (Å²) in [5, 5.41) is 15.4. The Morgan fingerprint density at radius 2 is 1.68 bits per heavy atom. The molecule has 2 aliphatic rings. The van der Waals surface area contributed by atoms with Crippen molar-refractivity contribution in [1.29, 1.82) is 0 Å². The third-order valence-corrected chi connectivity index (χ3v) is 7.63. The molecule has 10 nitrogen and oxygen atoms in total. The monoisotopic (exact) mass is 556 g/mol. The van der Waals surface area contributed by atoms with Gasteiger partial charge in [0, 0.05) is 63.5 Å². The van der Waals surface area contributed by atoms with Gasteiger partial charge in [-0.2, -0.15) is 0 Å². The zero-order chi connectivity index (χ0) is 28.8. The first-order chi connectivity index (χ1) is 19.9. The second kappa shape index (κ2) is 12.7. The maximum absolute atomic E-state index is 13.1. The predicted molar refractivity (Wildman–Crippen MR) is 159 cm³/mol. The lowest BCUT2D eigenvalue weighted by atomic mass is 10.1. The van der Waals surface area contributed by atoms with Gasteiger partial charge < -0.3 is 30.4 Å². The molecule has 2 aliphatic heterocycles. The molecule has 0 spiro atoms. The molecule has 0 atom stereocenters. The average Bonchev–Trinajstić information content (AvgIpc) is 3.40. The van der Waals surface area contributed by atoms with Crippen LogP contribution in [-0.2, 0) is 4.79 Å². The van der Waals surface area contributed by atoms with Crippen molar-refractivity contribution in [3.63, 3.8) is 0 Å². The number of carbonyl (C=O) groups excluding carboxylic acids is 3. The third kappa shape index (κ3) is 6.77. The van der Waals surface area contributed by atoms with Gasteiger partial charge in [-0.25, -0.2) is 4.98 Å². The molecule has 0 aliphatic carbocycles. The molecule has 5 rings (SSSR count). The van der Waals surface area contributed by atoms with Gasteiger partial charge >= 0.3 is 0 Å². The number of likely N-dealkylation sites (tertiary alicyclic amines) is 1. The van der Waals surface area contributed by atoms with E-state index in [1.165, 1.54) is 29.6 Å². The van der Waals surface area contributed by atoms with Gasteiger partial charge in [0.05, 0.1) is 17.6 Å². The molecular formula is C31H36N6O4. The highest BCUT2D eigenvalue weighted by Gasteiger charge is 2.23. The highest BCUT2D eigenvalue weighted by Crippen LogP contribution is 2.30. The molecule has 2 saturated heterocycles. The fourth-order valence-corrected chi connectivity index (χ4v) is 5.38. The molecular weight excluding hydrogens is 520 g/mol. The summed E-state index contributed by atoms with van der Waals surface area (Å²) in [6, 6.07) is 16.5. The van der Waals surface area contributed by atoms with Crippen LogP contribution in [0.2, 0.25) is 0 Å². The number of nitrogens with one attached hydrogen (secondary N) is 2. The van der Waals surface area contributed by atoms with Gasteiger partial charge in [-0.3, -0.25) is 14.4 Å². The first-order valence-corrected chi connectivity index (χ1v) is 14.1. The molecule has 2 fully saturated rings. The first-order valence-electron chi connectivity index (χ1n) is 14.1. The van der Waals surface area contributed by atoms with E-state index in [-0.39, 0.29) is 23.3 Å². The lowest BCUT2D eigenvalue weighted by Gasteiger charge is -2.38. The van der Waals surface area contributed by atoms with E-state index in [1.54, 1.807) is 12.1 Å². The smallest absolute Gasteiger partial charge is 0.274 e. The summed E-state index contributed by atoms with van der Waals surface area (Å²) in [4.78, 5) is 48.3. The topological polar surface area (TPSA) is 118 Å². The lowest BCUT2D eigenvalue weighted by molar-refractivity contribution is -0.127. The summed E-state index contributed by atoms with van der Waals surface area (Å²) >= 11 is 0. The molecule has 3 heterocycles. The molecule has 0 saturated carbocycles. The number of nitrogens with zero attached hydrogens (tertiary/aromatic N) is 4. The van der Waals surface area contributed by atoms with Crippen molar-refractivity contribution in [3.8, 4) is 5.75 Å². The Labute approximate surface area is 240 Å². The molecule has 1 aromatic heterocycles. The van der Waals surface area contributed by atoms with E-state index >= 15 is 0 Å². The van der Waals surface area contributed by atoms with E-state index in [9.17, 15) is 19.5 Å². The van der Waals surface area contributed by atoms with E-state index in [0.717, 1.165) is 44.8 Å². The van der Waals surface area contributed by atoms with Crippen LogP contribution < -0.4 is 20.4 Å². The van der Waals surface area contributed by atoms with Crippen molar-refractivity contribution >= 4 is 34.8 Å². The zero-order valence-electron chi connectivity index (χ0n) is 23.3. The summed E-state index contributed by atoms with van der Waals surface area (Å²) in [6.45, 7) is 7.11. The van der Waals surface area contributed by atoms with Crippen molar-refractivity contribution in [1.82, 2.24) is 15.2 Å². The lowest BCUT2D eigenvalue weighted by Crippen LogP contribution is -2.47.